The van der Waals surface area contributed by atoms with E-state index < -0.39 is 0 Å². The quantitative estimate of drug-likeness (QED) is 0.377. The maximum atomic E-state index is 13.8. The van der Waals surface area contributed by atoms with Crippen molar-refractivity contribution in [1.82, 2.24) is 24.4 Å². The van der Waals surface area contributed by atoms with Gasteiger partial charge in [-0.2, -0.15) is 0 Å². The largest absolute Gasteiger partial charge is 0.497 e. The second kappa shape index (κ2) is 10.9. The Hall–Kier alpha value is -3.71. The zero-order chi connectivity index (χ0) is 24.9. The molecular formula is C29H33N5O2. The van der Waals surface area contributed by atoms with Crippen molar-refractivity contribution < 1.29 is 4.74 Å². The topological polar surface area (TPSA) is 76.0 Å². The molecule has 0 saturated carbocycles. The lowest BCUT2D eigenvalue weighted by molar-refractivity contribution is 0.238. The van der Waals surface area contributed by atoms with E-state index in [4.69, 9.17) is 4.74 Å². The van der Waals surface area contributed by atoms with Crippen LogP contribution >= 0.6 is 0 Å². The third kappa shape index (κ3) is 5.26. The van der Waals surface area contributed by atoms with E-state index in [2.05, 4.69) is 32.8 Å². The predicted octanol–water partition coefficient (Wildman–Crippen LogP) is 4.59. The first kappa shape index (κ1) is 24.0. The van der Waals surface area contributed by atoms with Gasteiger partial charge in [0, 0.05) is 61.8 Å². The normalized spacial score (nSPS) is 13.5. The summed E-state index contributed by atoms with van der Waals surface area (Å²) in [5.41, 5.74) is 5.86. The van der Waals surface area contributed by atoms with E-state index in [1.54, 1.807) is 13.3 Å². The first-order valence-corrected chi connectivity index (χ1v) is 12.7. The van der Waals surface area contributed by atoms with E-state index in [0.717, 1.165) is 79.5 Å². The fourth-order valence-corrected chi connectivity index (χ4v) is 4.93. The van der Waals surface area contributed by atoms with Gasteiger partial charge in [0.05, 0.1) is 19.3 Å². The Morgan fingerprint density at radius 2 is 2.00 bits per heavy atom. The van der Waals surface area contributed by atoms with Crippen molar-refractivity contribution >= 4 is 0 Å². The zero-order valence-electron chi connectivity index (χ0n) is 21.0. The number of ether oxygens (including phenoxy) is 1. The van der Waals surface area contributed by atoms with Crippen LogP contribution < -0.4 is 10.3 Å². The average molecular weight is 484 g/mol. The minimum absolute atomic E-state index is 0.00948. The number of aromatic nitrogens is 4. The Labute approximate surface area is 211 Å². The molecule has 0 bridgehead atoms. The van der Waals surface area contributed by atoms with Gasteiger partial charge in [-0.25, -0.2) is 4.98 Å². The summed E-state index contributed by atoms with van der Waals surface area (Å²) < 4.78 is 7.35. The van der Waals surface area contributed by atoms with Crippen LogP contribution in [0.4, 0.5) is 0 Å². The molecule has 0 spiro atoms. The van der Waals surface area contributed by atoms with E-state index in [0.29, 0.717) is 12.1 Å². The van der Waals surface area contributed by atoms with Gasteiger partial charge in [0.2, 0.25) is 0 Å². The number of pyridine rings is 2. The average Bonchev–Trinajstić information content (AvgIpc) is 3.36. The molecule has 3 aromatic heterocycles. The summed E-state index contributed by atoms with van der Waals surface area (Å²) in [7, 11) is 1.65. The van der Waals surface area contributed by atoms with Crippen molar-refractivity contribution in [2.24, 2.45) is 0 Å². The first-order chi connectivity index (χ1) is 17.6. The molecule has 0 radical (unpaired) electrons. The number of benzene rings is 1. The number of aromatic amines is 1. The van der Waals surface area contributed by atoms with Gasteiger partial charge in [-0.15, -0.1) is 0 Å². The van der Waals surface area contributed by atoms with Gasteiger partial charge in [0.25, 0.3) is 5.56 Å². The summed E-state index contributed by atoms with van der Waals surface area (Å²) in [5, 5.41) is 0. The Morgan fingerprint density at radius 1 is 1.08 bits per heavy atom. The van der Waals surface area contributed by atoms with Crippen LogP contribution in [0.1, 0.15) is 48.2 Å². The van der Waals surface area contributed by atoms with E-state index in [-0.39, 0.29) is 5.56 Å². The number of hydrogen-bond acceptors (Lipinski definition) is 5. The first-order valence-electron chi connectivity index (χ1n) is 12.7. The highest BCUT2D eigenvalue weighted by atomic mass is 16.5. The van der Waals surface area contributed by atoms with Crippen LogP contribution in [0.3, 0.4) is 0 Å². The molecule has 1 N–H and O–H groups in total. The van der Waals surface area contributed by atoms with Crippen LogP contribution in [-0.4, -0.2) is 38.1 Å². The number of imidazole rings is 1. The summed E-state index contributed by atoms with van der Waals surface area (Å²) in [6, 6.07) is 15.6. The van der Waals surface area contributed by atoms with Gasteiger partial charge < -0.3 is 14.3 Å². The molecule has 0 atom stereocenters. The van der Waals surface area contributed by atoms with Crippen molar-refractivity contribution in [1.29, 1.82) is 0 Å². The second-order valence-electron chi connectivity index (χ2n) is 9.39. The Kier molecular flexibility index (Phi) is 7.28. The van der Waals surface area contributed by atoms with Gasteiger partial charge in [0.15, 0.2) is 0 Å². The van der Waals surface area contributed by atoms with Gasteiger partial charge in [-0.1, -0.05) is 31.5 Å². The second-order valence-corrected chi connectivity index (χ2v) is 9.39. The predicted molar refractivity (Wildman–Crippen MR) is 141 cm³/mol. The minimum Gasteiger partial charge on any atom is -0.497 e. The Balaban J connectivity index is 1.48. The van der Waals surface area contributed by atoms with Crippen LogP contribution in [0, 0.1) is 0 Å². The number of rotatable bonds is 9. The number of hydrogen-bond donors (Lipinski definition) is 1. The van der Waals surface area contributed by atoms with Gasteiger partial charge in [0.1, 0.15) is 11.6 Å². The number of unbranched alkanes of at least 4 members (excludes halogenated alkanes) is 1. The molecule has 0 fully saturated rings. The highest BCUT2D eigenvalue weighted by Crippen LogP contribution is 2.27. The smallest absolute Gasteiger partial charge is 0.259 e. The van der Waals surface area contributed by atoms with Crippen molar-refractivity contribution in [2.75, 3.05) is 13.7 Å². The molecule has 36 heavy (non-hydrogen) atoms. The van der Waals surface area contributed by atoms with Crippen molar-refractivity contribution in [3.05, 3.63) is 99.7 Å². The molecule has 7 heteroatoms. The maximum Gasteiger partial charge on any atom is 0.259 e. The lowest BCUT2D eigenvalue weighted by Crippen LogP contribution is -2.36. The van der Waals surface area contributed by atoms with E-state index >= 15 is 0 Å². The summed E-state index contributed by atoms with van der Waals surface area (Å²) >= 11 is 0. The fraction of sp³-hybridized carbons (Fsp3) is 0.345. The molecule has 0 aliphatic carbocycles. The SMILES string of the molecule is CCCCc1ncc(CN2CCc3c(cc(-c4cccc(OC)c4)c(=O)n3Cc3ccccn3)C2)[nH]1. The minimum atomic E-state index is 0.00948. The van der Waals surface area contributed by atoms with Crippen LogP contribution in [0.25, 0.3) is 11.1 Å². The molecule has 1 aromatic carbocycles. The van der Waals surface area contributed by atoms with Crippen LogP contribution in [0.15, 0.2) is 65.7 Å². The third-order valence-electron chi connectivity index (χ3n) is 6.82. The number of methoxy groups -OCH3 is 1. The zero-order valence-corrected chi connectivity index (χ0v) is 21.0. The summed E-state index contributed by atoms with van der Waals surface area (Å²) in [6.07, 6.45) is 7.85. The lowest BCUT2D eigenvalue weighted by Gasteiger charge is -2.30. The summed E-state index contributed by atoms with van der Waals surface area (Å²) in [5.74, 6) is 1.80. The summed E-state index contributed by atoms with van der Waals surface area (Å²) in [6.45, 7) is 5.13. The summed E-state index contributed by atoms with van der Waals surface area (Å²) in [4.78, 5) is 28.7. The van der Waals surface area contributed by atoms with Gasteiger partial charge in [-0.3, -0.25) is 14.7 Å². The number of aryl methyl sites for hydroxylation is 1. The van der Waals surface area contributed by atoms with Crippen molar-refractivity contribution in [3.63, 3.8) is 0 Å². The Morgan fingerprint density at radius 3 is 2.81 bits per heavy atom. The third-order valence-corrected chi connectivity index (χ3v) is 6.82. The highest BCUT2D eigenvalue weighted by molar-refractivity contribution is 5.65. The molecular weight excluding hydrogens is 450 g/mol. The number of nitrogens with one attached hydrogen (secondary N) is 1. The standard InChI is InChI=1S/C29H33N5O2/c1-3-4-11-28-31-17-24(32-28)19-33-14-12-27-22(18-33)16-26(21-8-7-10-25(15-21)36-2)29(35)34(27)20-23-9-5-6-13-30-23/h5-10,13,15-17H,3-4,11-12,14,18-20H2,1-2H3,(H,31,32). The molecule has 4 aromatic rings. The molecule has 0 saturated heterocycles. The molecule has 186 valence electrons. The van der Waals surface area contributed by atoms with Crippen molar-refractivity contribution in [3.8, 4) is 16.9 Å². The molecule has 4 heterocycles. The maximum absolute atomic E-state index is 13.8. The number of fused-ring (bicyclic) bond motifs is 1. The molecule has 1 aliphatic rings. The molecule has 0 amide bonds. The van der Waals surface area contributed by atoms with Gasteiger partial charge in [-0.05, 0) is 47.9 Å². The fourth-order valence-electron chi connectivity index (χ4n) is 4.93. The monoisotopic (exact) mass is 483 g/mol. The lowest BCUT2D eigenvalue weighted by atomic mass is 9.98. The number of H-pyrrole nitrogens is 1. The molecule has 0 unspecified atom stereocenters. The van der Waals surface area contributed by atoms with Crippen LogP contribution in [0.2, 0.25) is 0 Å². The van der Waals surface area contributed by atoms with Crippen LogP contribution in [0.5, 0.6) is 5.75 Å². The molecule has 1 aliphatic heterocycles. The van der Waals surface area contributed by atoms with Crippen molar-refractivity contribution in [2.45, 2.75) is 52.2 Å². The van der Waals surface area contributed by atoms with Crippen LogP contribution in [-0.2, 0) is 32.5 Å². The van der Waals surface area contributed by atoms with E-state index in [1.807, 2.05) is 53.2 Å². The Bertz CT molecular complexity index is 1380. The number of nitrogens with zero attached hydrogens (tertiary/aromatic N) is 4. The molecule has 7 nitrogen and oxygen atoms in total. The van der Waals surface area contributed by atoms with Gasteiger partial charge >= 0.3 is 0 Å². The highest BCUT2D eigenvalue weighted by Gasteiger charge is 2.23. The van der Waals surface area contributed by atoms with E-state index in [1.165, 1.54) is 5.56 Å². The molecule has 5 rings (SSSR count). The van der Waals surface area contributed by atoms with E-state index in [9.17, 15) is 4.79 Å².